The molecule has 0 aliphatic heterocycles. The highest BCUT2D eigenvalue weighted by Crippen LogP contribution is 2.12. The van der Waals surface area contributed by atoms with Crippen LogP contribution in [0.3, 0.4) is 0 Å². The van der Waals surface area contributed by atoms with Gasteiger partial charge in [-0.2, -0.15) is 26.7 Å². The minimum Gasteiger partial charge on any atom is -0.461 e. The molecule has 102 valence electrons. The lowest BCUT2D eigenvalue weighted by Crippen LogP contribution is -2.13. The fourth-order valence-corrected chi connectivity index (χ4v) is 1.66. The van der Waals surface area contributed by atoms with Crippen molar-refractivity contribution < 1.29 is 4.74 Å². The summed E-state index contributed by atoms with van der Waals surface area (Å²) in [5.74, 6) is 2.17. The molecule has 6 nitrogen and oxygen atoms in total. The molecule has 2 N–H and O–H groups in total. The fraction of sp³-hybridized carbons (Fsp3) is 0.727. The normalized spacial score (nSPS) is 10.5. The summed E-state index contributed by atoms with van der Waals surface area (Å²) in [7, 11) is 1.77. The van der Waals surface area contributed by atoms with Crippen molar-refractivity contribution >= 4 is 23.7 Å². The fourth-order valence-electron chi connectivity index (χ4n) is 1.23. The van der Waals surface area contributed by atoms with Crippen molar-refractivity contribution in [2.24, 2.45) is 0 Å². The summed E-state index contributed by atoms with van der Waals surface area (Å²) in [5.41, 5.74) is 0. The lowest BCUT2D eigenvalue weighted by molar-refractivity contribution is 0.222. The lowest BCUT2D eigenvalue weighted by atomic mass is 10.5. The van der Waals surface area contributed by atoms with Gasteiger partial charge in [0.1, 0.15) is 0 Å². The first kappa shape index (κ1) is 14.8. The molecule has 0 amide bonds. The van der Waals surface area contributed by atoms with E-state index in [0.717, 1.165) is 18.7 Å². The smallest absolute Gasteiger partial charge is 0.323 e. The Balaban J connectivity index is 2.64. The molecule has 1 aromatic rings. The zero-order chi connectivity index (χ0) is 13.4. The first-order chi connectivity index (χ1) is 8.65. The molecule has 0 saturated carbocycles. The van der Waals surface area contributed by atoms with Crippen LogP contribution in [-0.4, -0.2) is 46.7 Å². The molecule has 0 fully saturated rings. The molecule has 0 aromatic carbocycles. The molecule has 0 bridgehead atoms. The largest absolute Gasteiger partial charge is 0.461 e. The predicted octanol–water partition coefficient (Wildman–Crippen LogP) is 1.87. The molecule has 7 heteroatoms. The SMILES string of the molecule is CNc1nc(NCCCSC)nc(OC(C)C)n1. The van der Waals surface area contributed by atoms with Crippen molar-refractivity contribution in [2.75, 3.05) is 36.2 Å². The minimum absolute atomic E-state index is 0.0430. The monoisotopic (exact) mass is 271 g/mol. The van der Waals surface area contributed by atoms with Crippen LogP contribution in [0.25, 0.3) is 0 Å². The van der Waals surface area contributed by atoms with Crippen molar-refractivity contribution in [1.82, 2.24) is 15.0 Å². The molecule has 1 rings (SSSR count). The van der Waals surface area contributed by atoms with Crippen LogP contribution in [0.15, 0.2) is 0 Å². The highest BCUT2D eigenvalue weighted by molar-refractivity contribution is 7.98. The molecular formula is C11H21N5OS. The van der Waals surface area contributed by atoms with Gasteiger partial charge in [-0.05, 0) is 32.3 Å². The van der Waals surface area contributed by atoms with Gasteiger partial charge in [-0.3, -0.25) is 0 Å². The molecule has 0 aliphatic carbocycles. The van der Waals surface area contributed by atoms with Gasteiger partial charge in [0.15, 0.2) is 0 Å². The predicted molar refractivity (Wildman–Crippen MR) is 76.6 cm³/mol. The maximum atomic E-state index is 5.48. The van der Waals surface area contributed by atoms with E-state index in [9.17, 15) is 0 Å². The summed E-state index contributed by atoms with van der Waals surface area (Å²) < 4.78 is 5.48. The number of hydrogen-bond donors (Lipinski definition) is 2. The first-order valence-corrected chi connectivity index (χ1v) is 7.38. The maximum absolute atomic E-state index is 5.48. The number of hydrogen-bond acceptors (Lipinski definition) is 7. The number of anilines is 2. The van der Waals surface area contributed by atoms with E-state index in [4.69, 9.17) is 4.74 Å². The van der Waals surface area contributed by atoms with Gasteiger partial charge in [-0.1, -0.05) is 0 Å². The van der Waals surface area contributed by atoms with Crippen LogP contribution >= 0.6 is 11.8 Å². The third-order valence-corrected chi connectivity index (χ3v) is 2.68. The molecule has 0 spiro atoms. The number of nitrogens with one attached hydrogen (secondary N) is 2. The highest BCUT2D eigenvalue weighted by Gasteiger charge is 2.07. The summed E-state index contributed by atoms with van der Waals surface area (Å²) in [6, 6.07) is 0.344. The van der Waals surface area contributed by atoms with E-state index in [0.29, 0.717) is 17.9 Å². The summed E-state index contributed by atoms with van der Waals surface area (Å²) in [4.78, 5) is 12.6. The van der Waals surface area contributed by atoms with Crippen molar-refractivity contribution in [2.45, 2.75) is 26.4 Å². The van der Waals surface area contributed by atoms with E-state index in [1.165, 1.54) is 0 Å². The molecule has 18 heavy (non-hydrogen) atoms. The topological polar surface area (TPSA) is 72.0 Å². The molecular weight excluding hydrogens is 250 g/mol. The summed E-state index contributed by atoms with van der Waals surface area (Å²) in [6.07, 6.45) is 3.21. The Bertz CT molecular complexity index is 361. The summed E-state index contributed by atoms with van der Waals surface area (Å²) >= 11 is 1.83. The second kappa shape index (κ2) is 7.97. The van der Waals surface area contributed by atoms with E-state index in [2.05, 4.69) is 31.8 Å². The van der Waals surface area contributed by atoms with E-state index in [-0.39, 0.29) is 6.10 Å². The van der Waals surface area contributed by atoms with E-state index >= 15 is 0 Å². The average molecular weight is 271 g/mol. The maximum Gasteiger partial charge on any atom is 0.323 e. The molecule has 0 aliphatic rings. The second-order valence-electron chi connectivity index (χ2n) is 3.95. The molecule has 1 heterocycles. The Morgan fingerprint density at radius 3 is 2.56 bits per heavy atom. The van der Waals surface area contributed by atoms with Crippen LogP contribution < -0.4 is 15.4 Å². The number of rotatable bonds is 8. The van der Waals surface area contributed by atoms with Crippen molar-refractivity contribution in [1.29, 1.82) is 0 Å². The standard InChI is InChI=1S/C11H21N5OS/c1-8(2)17-11-15-9(12-3)14-10(16-11)13-6-5-7-18-4/h8H,5-7H2,1-4H3,(H2,12,13,14,15,16). The Hall–Kier alpha value is -1.24. The van der Waals surface area contributed by atoms with Crippen LogP contribution in [0, 0.1) is 0 Å². The Morgan fingerprint density at radius 2 is 1.94 bits per heavy atom. The van der Waals surface area contributed by atoms with Crippen LogP contribution in [0.2, 0.25) is 0 Å². The lowest BCUT2D eigenvalue weighted by Gasteiger charge is -2.11. The van der Waals surface area contributed by atoms with E-state index in [1.807, 2.05) is 25.6 Å². The molecule has 1 aromatic heterocycles. The number of aromatic nitrogens is 3. The van der Waals surface area contributed by atoms with Gasteiger partial charge in [-0.25, -0.2) is 0 Å². The summed E-state index contributed by atoms with van der Waals surface area (Å²) in [5, 5.41) is 6.07. The Kier molecular flexibility index (Phi) is 6.56. The first-order valence-electron chi connectivity index (χ1n) is 5.99. The number of nitrogens with zero attached hydrogens (tertiary/aromatic N) is 3. The van der Waals surface area contributed by atoms with Gasteiger partial charge in [0.05, 0.1) is 6.10 Å². The van der Waals surface area contributed by atoms with Gasteiger partial charge in [0.2, 0.25) is 11.9 Å². The number of ether oxygens (including phenoxy) is 1. The third kappa shape index (κ3) is 5.39. The zero-order valence-corrected chi connectivity index (χ0v) is 12.2. The van der Waals surface area contributed by atoms with Crippen molar-refractivity contribution in [3.8, 4) is 6.01 Å². The average Bonchev–Trinajstić information content (AvgIpc) is 2.33. The van der Waals surface area contributed by atoms with Crippen LogP contribution in [-0.2, 0) is 0 Å². The van der Waals surface area contributed by atoms with E-state index < -0.39 is 0 Å². The van der Waals surface area contributed by atoms with Gasteiger partial charge in [-0.15, -0.1) is 0 Å². The van der Waals surface area contributed by atoms with Crippen molar-refractivity contribution in [3.05, 3.63) is 0 Å². The molecule has 0 radical (unpaired) electrons. The van der Waals surface area contributed by atoms with Crippen molar-refractivity contribution in [3.63, 3.8) is 0 Å². The van der Waals surface area contributed by atoms with Gasteiger partial charge >= 0.3 is 6.01 Å². The van der Waals surface area contributed by atoms with Gasteiger partial charge in [0, 0.05) is 13.6 Å². The van der Waals surface area contributed by atoms with Crippen LogP contribution in [0.5, 0.6) is 6.01 Å². The Morgan fingerprint density at radius 1 is 1.22 bits per heavy atom. The molecule has 0 unspecified atom stereocenters. The minimum atomic E-state index is 0.0430. The van der Waals surface area contributed by atoms with E-state index in [1.54, 1.807) is 7.05 Å². The van der Waals surface area contributed by atoms with Crippen LogP contribution in [0.1, 0.15) is 20.3 Å². The third-order valence-electron chi connectivity index (χ3n) is 1.99. The number of thioether (sulfide) groups is 1. The van der Waals surface area contributed by atoms with Crippen LogP contribution in [0.4, 0.5) is 11.9 Å². The summed E-state index contributed by atoms with van der Waals surface area (Å²) in [6.45, 7) is 4.72. The molecule has 0 saturated heterocycles. The second-order valence-corrected chi connectivity index (χ2v) is 4.94. The Labute approximate surface area is 112 Å². The zero-order valence-electron chi connectivity index (χ0n) is 11.4. The highest BCUT2D eigenvalue weighted by atomic mass is 32.2. The van der Waals surface area contributed by atoms with Gasteiger partial charge in [0.25, 0.3) is 0 Å². The molecule has 0 atom stereocenters. The van der Waals surface area contributed by atoms with Gasteiger partial charge < -0.3 is 15.4 Å². The quantitative estimate of drug-likeness (QED) is 0.699.